The monoisotopic (exact) mass is 164 g/mol. The van der Waals surface area contributed by atoms with Gasteiger partial charge in [0.25, 0.3) is 0 Å². The van der Waals surface area contributed by atoms with Crippen molar-refractivity contribution in [2.24, 2.45) is 5.92 Å². The zero-order valence-electron chi connectivity index (χ0n) is 5.67. The lowest BCUT2D eigenvalue weighted by molar-refractivity contribution is -0.143. The Bertz CT molecular complexity index is 137. The van der Waals surface area contributed by atoms with E-state index < -0.39 is 5.56 Å². The van der Waals surface area contributed by atoms with Gasteiger partial charge in [0.2, 0.25) is 0 Å². The summed E-state index contributed by atoms with van der Waals surface area (Å²) in [5.74, 6) is -0.520. The minimum atomic E-state index is -0.532. The standard InChI is InChI=1S/C6H9ClO3/c1-9-5(7)4-2-3-10-6(4)8/h4-5H,2-3H2,1H3. The molecule has 0 aromatic rings. The molecule has 0 saturated carbocycles. The molecule has 1 fully saturated rings. The molecule has 58 valence electrons. The highest BCUT2D eigenvalue weighted by Crippen LogP contribution is 2.22. The molecule has 1 rings (SSSR count). The molecule has 4 heteroatoms. The molecule has 0 N–H and O–H groups in total. The molecule has 0 spiro atoms. The van der Waals surface area contributed by atoms with Gasteiger partial charge in [-0.15, -0.1) is 0 Å². The van der Waals surface area contributed by atoms with Crippen LogP contribution in [0.4, 0.5) is 0 Å². The second-order valence-electron chi connectivity index (χ2n) is 2.15. The van der Waals surface area contributed by atoms with Crippen LogP contribution in [0.1, 0.15) is 6.42 Å². The number of hydrogen-bond acceptors (Lipinski definition) is 3. The van der Waals surface area contributed by atoms with Crippen LogP contribution in [-0.4, -0.2) is 25.2 Å². The fourth-order valence-electron chi connectivity index (χ4n) is 0.914. The van der Waals surface area contributed by atoms with E-state index in [4.69, 9.17) is 16.3 Å². The molecule has 0 bridgehead atoms. The molecule has 1 heterocycles. The van der Waals surface area contributed by atoms with Crippen LogP contribution in [0.5, 0.6) is 0 Å². The van der Waals surface area contributed by atoms with Crippen molar-refractivity contribution in [3.63, 3.8) is 0 Å². The van der Waals surface area contributed by atoms with E-state index >= 15 is 0 Å². The van der Waals surface area contributed by atoms with Gasteiger partial charge in [0, 0.05) is 7.11 Å². The van der Waals surface area contributed by atoms with E-state index in [0.717, 1.165) is 0 Å². The number of alkyl halides is 1. The molecule has 1 saturated heterocycles. The third-order valence-electron chi connectivity index (χ3n) is 1.52. The Labute approximate surface area is 64.3 Å². The van der Waals surface area contributed by atoms with Gasteiger partial charge in [-0.1, -0.05) is 11.6 Å². The van der Waals surface area contributed by atoms with Crippen molar-refractivity contribution in [1.82, 2.24) is 0 Å². The number of carbonyl (C=O) groups is 1. The smallest absolute Gasteiger partial charge is 0.313 e. The van der Waals surface area contributed by atoms with Crippen LogP contribution in [-0.2, 0) is 14.3 Å². The van der Waals surface area contributed by atoms with Gasteiger partial charge in [-0.3, -0.25) is 4.79 Å². The Morgan fingerprint density at radius 3 is 3.00 bits per heavy atom. The first-order valence-electron chi connectivity index (χ1n) is 3.09. The highest BCUT2D eigenvalue weighted by atomic mass is 35.5. The number of cyclic esters (lactones) is 1. The third-order valence-corrected chi connectivity index (χ3v) is 2.00. The van der Waals surface area contributed by atoms with Gasteiger partial charge < -0.3 is 9.47 Å². The maximum absolute atomic E-state index is 10.8. The molecular formula is C6H9ClO3. The number of carbonyl (C=O) groups excluding carboxylic acids is 1. The van der Waals surface area contributed by atoms with Crippen LogP contribution in [0.15, 0.2) is 0 Å². The minimum absolute atomic E-state index is 0.248. The normalized spacial score (nSPS) is 28.2. The van der Waals surface area contributed by atoms with E-state index in [1.807, 2.05) is 0 Å². The SMILES string of the molecule is COC(Cl)C1CCOC1=O. The predicted octanol–water partition coefficient (Wildman–Crippen LogP) is 0.761. The van der Waals surface area contributed by atoms with Crippen molar-refractivity contribution in [2.75, 3.05) is 13.7 Å². The van der Waals surface area contributed by atoms with Crippen molar-refractivity contribution in [2.45, 2.75) is 12.0 Å². The number of methoxy groups -OCH3 is 1. The molecule has 0 aliphatic carbocycles. The van der Waals surface area contributed by atoms with Crippen LogP contribution in [0, 0.1) is 5.92 Å². The van der Waals surface area contributed by atoms with Crippen molar-refractivity contribution in [1.29, 1.82) is 0 Å². The van der Waals surface area contributed by atoms with Crippen LogP contribution in [0.3, 0.4) is 0 Å². The molecule has 3 nitrogen and oxygen atoms in total. The topological polar surface area (TPSA) is 35.5 Å². The van der Waals surface area contributed by atoms with Crippen molar-refractivity contribution >= 4 is 17.6 Å². The molecule has 0 amide bonds. The van der Waals surface area contributed by atoms with Gasteiger partial charge in [-0.25, -0.2) is 0 Å². The quantitative estimate of drug-likeness (QED) is 0.447. The van der Waals surface area contributed by atoms with Crippen molar-refractivity contribution in [3.8, 4) is 0 Å². The summed E-state index contributed by atoms with van der Waals surface area (Å²) >= 11 is 5.64. The highest BCUT2D eigenvalue weighted by molar-refractivity contribution is 6.21. The number of hydrogen-bond donors (Lipinski definition) is 0. The first-order chi connectivity index (χ1) is 4.75. The summed E-state index contributed by atoms with van der Waals surface area (Å²) < 4.78 is 9.45. The molecule has 0 radical (unpaired) electrons. The van der Waals surface area contributed by atoms with Crippen LogP contribution < -0.4 is 0 Å². The lowest BCUT2D eigenvalue weighted by Gasteiger charge is -2.09. The third kappa shape index (κ3) is 1.41. The van der Waals surface area contributed by atoms with E-state index in [-0.39, 0.29) is 11.9 Å². The summed E-state index contributed by atoms with van der Waals surface area (Å²) in [4.78, 5) is 10.8. The summed E-state index contributed by atoms with van der Waals surface area (Å²) in [7, 11) is 1.48. The number of ether oxygens (including phenoxy) is 2. The molecule has 2 unspecified atom stereocenters. The molecule has 1 aliphatic heterocycles. The highest BCUT2D eigenvalue weighted by Gasteiger charge is 2.32. The van der Waals surface area contributed by atoms with Gasteiger partial charge in [0.1, 0.15) is 11.5 Å². The van der Waals surface area contributed by atoms with Gasteiger partial charge in [0.05, 0.1) is 6.61 Å². The van der Waals surface area contributed by atoms with Gasteiger partial charge in [-0.2, -0.15) is 0 Å². The second kappa shape index (κ2) is 3.21. The number of rotatable bonds is 2. The Kier molecular flexibility index (Phi) is 2.51. The average Bonchev–Trinajstić information content (AvgIpc) is 2.34. The molecule has 0 aromatic heterocycles. The number of halogens is 1. The Morgan fingerprint density at radius 1 is 1.90 bits per heavy atom. The zero-order chi connectivity index (χ0) is 7.56. The van der Waals surface area contributed by atoms with Gasteiger partial charge in [-0.05, 0) is 6.42 Å². The Morgan fingerprint density at radius 2 is 2.60 bits per heavy atom. The van der Waals surface area contributed by atoms with E-state index in [1.165, 1.54) is 7.11 Å². The van der Waals surface area contributed by atoms with E-state index in [0.29, 0.717) is 13.0 Å². The molecule has 1 aliphatic rings. The summed E-state index contributed by atoms with van der Waals surface area (Å²) in [5, 5.41) is 0. The molecular weight excluding hydrogens is 156 g/mol. The van der Waals surface area contributed by atoms with Crippen molar-refractivity contribution < 1.29 is 14.3 Å². The van der Waals surface area contributed by atoms with Gasteiger partial charge >= 0.3 is 5.97 Å². The van der Waals surface area contributed by atoms with E-state index in [2.05, 4.69) is 4.74 Å². The first-order valence-corrected chi connectivity index (χ1v) is 3.53. The molecule has 2 atom stereocenters. The minimum Gasteiger partial charge on any atom is -0.465 e. The fourth-order valence-corrected chi connectivity index (χ4v) is 1.14. The van der Waals surface area contributed by atoms with Gasteiger partial charge in [0.15, 0.2) is 0 Å². The van der Waals surface area contributed by atoms with Crippen molar-refractivity contribution in [3.05, 3.63) is 0 Å². The lowest BCUT2D eigenvalue weighted by atomic mass is 10.1. The molecule has 10 heavy (non-hydrogen) atoms. The fraction of sp³-hybridized carbons (Fsp3) is 0.833. The zero-order valence-corrected chi connectivity index (χ0v) is 6.43. The van der Waals surface area contributed by atoms with Crippen LogP contribution in [0.25, 0.3) is 0 Å². The summed E-state index contributed by atoms with van der Waals surface area (Å²) in [5.41, 5.74) is -0.532. The summed E-state index contributed by atoms with van der Waals surface area (Å²) in [6, 6.07) is 0. The summed E-state index contributed by atoms with van der Waals surface area (Å²) in [6.07, 6.45) is 0.668. The Balaban J connectivity index is 2.46. The Hall–Kier alpha value is -0.280. The van der Waals surface area contributed by atoms with Crippen LogP contribution >= 0.6 is 11.6 Å². The van der Waals surface area contributed by atoms with E-state index in [9.17, 15) is 4.79 Å². The first kappa shape index (κ1) is 7.82. The largest absolute Gasteiger partial charge is 0.465 e. The molecule has 0 aromatic carbocycles. The second-order valence-corrected chi connectivity index (χ2v) is 2.58. The maximum Gasteiger partial charge on any atom is 0.313 e. The summed E-state index contributed by atoms with van der Waals surface area (Å²) in [6.45, 7) is 0.468. The van der Waals surface area contributed by atoms with Crippen LogP contribution in [0.2, 0.25) is 0 Å². The lowest BCUT2D eigenvalue weighted by Crippen LogP contribution is -2.20. The van der Waals surface area contributed by atoms with E-state index in [1.54, 1.807) is 0 Å². The number of esters is 1. The predicted molar refractivity (Wildman–Crippen MR) is 35.7 cm³/mol. The average molecular weight is 165 g/mol. The maximum atomic E-state index is 10.8.